The van der Waals surface area contributed by atoms with Crippen LogP contribution in [0.15, 0.2) is 29.2 Å². The molecule has 1 aromatic carbocycles. The number of carbonyl (C=O) groups is 1. The van der Waals surface area contributed by atoms with Crippen LogP contribution in [0.3, 0.4) is 0 Å². The van der Waals surface area contributed by atoms with E-state index in [1.54, 1.807) is 24.3 Å². The number of carboxylic acid groups (broad SMARTS) is 1. The van der Waals surface area contributed by atoms with Crippen molar-refractivity contribution in [3.8, 4) is 5.75 Å². The van der Waals surface area contributed by atoms with Gasteiger partial charge in [0.05, 0.1) is 24.5 Å². The van der Waals surface area contributed by atoms with Crippen molar-refractivity contribution >= 4 is 16.8 Å². The molecule has 94 valence electrons. The molecule has 0 saturated heterocycles. The molecule has 2 unspecified atom stereocenters. The van der Waals surface area contributed by atoms with Crippen molar-refractivity contribution < 1.29 is 23.6 Å². The Kier molecular flexibility index (Phi) is 5.11. The zero-order valence-corrected chi connectivity index (χ0v) is 10.4. The highest BCUT2D eigenvalue weighted by Crippen LogP contribution is 2.18. The number of methoxy groups -OCH3 is 2. The molecule has 0 aromatic heterocycles. The van der Waals surface area contributed by atoms with Crippen molar-refractivity contribution in [1.29, 1.82) is 0 Å². The molecule has 2 atom stereocenters. The van der Waals surface area contributed by atoms with E-state index in [4.69, 9.17) is 14.6 Å². The normalized spacial score (nSPS) is 14.0. The van der Waals surface area contributed by atoms with E-state index in [9.17, 15) is 9.00 Å². The molecule has 0 saturated carbocycles. The Morgan fingerprint density at radius 1 is 1.47 bits per heavy atom. The number of aliphatic carboxylic acids is 1. The standard InChI is InChI=1S/C11H14O5S/c1-15-7-10(11(12)13)17(14)9-5-3-4-8(6-9)16-2/h3-6,10H,7H2,1-2H3,(H,12,13). The number of ether oxygens (including phenoxy) is 2. The predicted molar refractivity (Wildman–Crippen MR) is 62.7 cm³/mol. The summed E-state index contributed by atoms with van der Waals surface area (Å²) in [5.41, 5.74) is 0. The van der Waals surface area contributed by atoms with Gasteiger partial charge in [0.2, 0.25) is 0 Å². The molecule has 5 nitrogen and oxygen atoms in total. The average Bonchev–Trinajstić information content (AvgIpc) is 2.34. The molecule has 17 heavy (non-hydrogen) atoms. The second-order valence-electron chi connectivity index (χ2n) is 3.26. The van der Waals surface area contributed by atoms with Crippen LogP contribution >= 0.6 is 0 Å². The number of hydrogen-bond acceptors (Lipinski definition) is 4. The molecule has 6 heteroatoms. The molecule has 0 aliphatic heterocycles. The van der Waals surface area contributed by atoms with E-state index in [2.05, 4.69) is 0 Å². The highest BCUT2D eigenvalue weighted by Gasteiger charge is 2.26. The molecule has 0 amide bonds. The lowest BCUT2D eigenvalue weighted by atomic mass is 10.3. The van der Waals surface area contributed by atoms with Crippen molar-refractivity contribution in [2.24, 2.45) is 0 Å². The van der Waals surface area contributed by atoms with Gasteiger partial charge in [0.25, 0.3) is 0 Å². The summed E-state index contributed by atoms with van der Waals surface area (Å²) in [4.78, 5) is 11.4. The summed E-state index contributed by atoms with van der Waals surface area (Å²) in [5, 5.41) is 7.88. The van der Waals surface area contributed by atoms with Crippen LogP contribution < -0.4 is 4.74 Å². The van der Waals surface area contributed by atoms with Crippen LogP contribution in [-0.4, -0.2) is 41.4 Å². The largest absolute Gasteiger partial charge is 0.497 e. The minimum absolute atomic E-state index is 0.0981. The van der Waals surface area contributed by atoms with E-state index in [0.29, 0.717) is 10.6 Å². The fraction of sp³-hybridized carbons (Fsp3) is 0.364. The van der Waals surface area contributed by atoms with Crippen LogP contribution in [-0.2, 0) is 20.3 Å². The summed E-state index contributed by atoms with van der Waals surface area (Å²) in [6.07, 6.45) is 0. The maximum Gasteiger partial charge on any atom is 0.322 e. The van der Waals surface area contributed by atoms with Crippen LogP contribution in [0, 0.1) is 0 Å². The van der Waals surface area contributed by atoms with E-state index >= 15 is 0 Å². The first-order valence-electron chi connectivity index (χ1n) is 4.86. The summed E-state index contributed by atoms with van der Waals surface area (Å²) in [5.74, 6) is -0.606. The van der Waals surface area contributed by atoms with Gasteiger partial charge < -0.3 is 14.6 Å². The van der Waals surface area contributed by atoms with Gasteiger partial charge in [-0.25, -0.2) is 0 Å². The van der Waals surface area contributed by atoms with Crippen molar-refractivity contribution in [3.05, 3.63) is 24.3 Å². The number of benzene rings is 1. The van der Waals surface area contributed by atoms with E-state index in [-0.39, 0.29) is 6.61 Å². The smallest absolute Gasteiger partial charge is 0.322 e. The lowest BCUT2D eigenvalue weighted by molar-refractivity contribution is -0.137. The highest BCUT2D eigenvalue weighted by molar-refractivity contribution is 7.86. The van der Waals surface area contributed by atoms with E-state index < -0.39 is 22.0 Å². The molecule has 0 bridgehead atoms. The number of carboxylic acids is 1. The first-order valence-corrected chi connectivity index (χ1v) is 6.07. The third-order valence-corrected chi connectivity index (χ3v) is 3.70. The van der Waals surface area contributed by atoms with Crippen molar-refractivity contribution in [2.45, 2.75) is 10.1 Å². The third-order valence-electron chi connectivity index (χ3n) is 2.13. The molecule has 0 heterocycles. The molecule has 0 radical (unpaired) electrons. The fourth-order valence-electron chi connectivity index (χ4n) is 1.27. The zero-order valence-electron chi connectivity index (χ0n) is 9.58. The van der Waals surface area contributed by atoms with Crippen LogP contribution in [0.5, 0.6) is 5.75 Å². The van der Waals surface area contributed by atoms with Crippen LogP contribution in [0.1, 0.15) is 0 Å². The van der Waals surface area contributed by atoms with Crippen LogP contribution in [0.25, 0.3) is 0 Å². The molecule has 0 fully saturated rings. The second kappa shape index (κ2) is 6.36. The Morgan fingerprint density at radius 2 is 2.18 bits per heavy atom. The monoisotopic (exact) mass is 258 g/mol. The molecule has 0 spiro atoms. The Labute approximate surface area is 102 Å². The number of rotatable bonds is 6. The Bertz CT molecular complexity index is 418. The van der Waals surface area contributed by atoms with Gasteiger partial charge in [0, 0.05) is 12.0 Å². The lowest BCUT2D eigenvalue weighted by Gasteiger charge is -2.11. The zero-order chi connectivity index (χ0) is 12.8. The summed E-state index contributed by atoms with van der Waals surface area (Å²) >= 11 is 0. The molecular formula is C11H14O5S. The Balaban J connectivity index is 2.96. The lowest BCUT2D eigenvalue weighted by Crippen LogP contribution is -2.30. The van der Waals surface area contributed by atoms with E-state index in [1.807, 2.05) is 0 Å². The molecular weight excluding hydrogens is 244 g/mol. The molecule has 1 N–H and O–H groups in total. The Hall–Kier alpha value is -1.40. The molecule has 1 aromatic rings. The SMILES string of the molecule is COCC(C(=O)O)S(=O)c1cccc(OC)c1. The average molecular weight is 258 g/mol. The maximum atomic E-state index is 12.0. The van der Waals surface area contributed by atoms with E-state index in [1.165, 1.54) is 14.2 Å². The van der Waals surface area contributed by atoms with Gasteiger partial charge in [-0.1, -0.05) is 6.07 Å². The van der Waals surface area contributed by atoms with Crippen molar-refractivity contribution in [1.82, 2.24) is 0 Å². The minimum Gasteiger partial charge on any atom is -0.497 e. The van der Waals surface area contributed by atoms with Gasteiger partial charge >= 0.3 is 5.97 Å². The van der Waals surface area contributed by atoms with Gasteiger partial charge in [-0.3, -0.25) is 9.00 Å². The summed E-state index contributed by atoms with van der Waals surface area (Å²) < 4.78 is 21.8. The quantitative estimate of drug-likeness (QED) is 0.820. The van der Waals surface area contributed by atoms with E-state index in [0.717, 1.165) is 0 Å². The first kappa shape index (κ1) is 13.7. The molecule has 0 aliphatic carbocycles. The van der Waals surface area contributed by atoms with Gasteiger partial charge in [0.1, 0.15) is 5.75 Å². The minimum atomic E-state index is -1.67. The number of hydrogen-bond donors (Lipinski definition) is 1. The molecule has 1 rings (SSSR count). The summed E-state index contributed by atoms with van der Waals surface area (Å²) in [6, 6.07) is 6.52. The third kappa shape index (κ3) is 3.54. The van der Waals surface area contributed by atoms with Crippen LogP contribution in [0.4, 0.5) is 0 Å². The Morgan fingerprint density at radius 3 is 2.71 bits per heavy atom. The second-order valence-corrected chi connectivity index (χ2v) is 4.89. The summed E-state index contributed by atoms with van der Waals surface area (Å²) in [6.45, 7) is -0.0981. The van der Waals surface area contributed by atoms with Crippen molar-refractivity contribution in [3.63, 3.8) is 0 Å². The van der Waals surface area contributed by atoms with Crippen LogP contribution in [0.2, 0.25) is 0 Å². The van der Waals surface area contributed by atoms with Crippen molar-refractivity contribution in [2.75, 3.05) is 20.8 Å². The fourth-order valence-corrected chi connectivity index (χ4v) is 2.48. The maximum absolute atomic E-state index is 12.0. The topological polar surface area (TPSA) is 72.8 Å². The predicted octanol–water partition coefficient (Wildman–Crippen LogP) is 0.902. The summed E-state index contributed by atoms with van der Waals surface area (Å²) in [7, 11) is 1.20. The highest BCUT2D eigenvalue weighted by atomic mass is 32.2. The molecule has 0 aliphatic rings. The first-order chi connectivity index (χ1) is 8.10. The van der Waals surface area contributed by atoms with Gasteiger partial charge in [-0.15, -0.1) is 0 Å². The van der Waals surface area contributed by atoms with Gasteiger partial charge in [-0.05, 0) is 18.2 Å². The van der Waals surface area contributed by atoms with Gasteiger partial charge in [0.15, 0.2) is 5.25 Å². The van der Waals surface area contributed by atoms with Gasteiger partial charge in [-0.2, -0.15) is 0 Å².